The third-order valence-corrected chi connectivity index (χ3v) is 5.07. The molecule has 0 bridgehead atoms. The highest BCUT2D eigenvalue weighted by atomic mass is 32.1. The van der Waals surface area contributed by atoms with Gasteiger partial charge in [-0.25, -0.2) is 0 Å². The van der Waals surface area contributed by atoms with Gasteiger partial charge in [0.15, 0.2) is 0 Å². The van der Waals surface area contributed by atoms with Crippen molar-refractivity contribution in [3.8, 4) is 16.2 Å². The molecule has 3 aromatic rings. The highest BCUT2D eigenvalue weighted by Gasteiger charge is 2.23. The summed E-state index contributed by atoms with van der Waals surface area (Å²) in [6.45, 7) is 2.96. The molecular formula is C18H15NO3S. The number of carbonyl (C=O) groups excluding carboxylic acids is 1. The second kappa shape index (κ2) is 5.59. The molecule has 0 unspecified atom stereocenters. The molecule has 1 N–H and O–H groups in total. The number of aryl methyl sites for hydroxylation is 1. The highest BCUT2D eigenvalue weighted by Crippen LogP contribution is 2.44. The Morgan fingerprint density at radius 1 is 1.30 bits per heavy atom. The first-order valence-corrected chi connectivity index (χ1v) is 8.20. The molecule has 0 radical (unpaired) electrons. The molecule has 1 amide bonds. The van der Waals surface area contributed by atoms with Crippen molar-refractivity contribution in [2.24, 2.45) is 0 Å². The fourth-order valence-electron chi connectivity index (χ4n) is 2.73. The molecule has 0 aliphatic carbocycles. The lowest BCUT2D eigenvalue weighted by Crippen LogP contribution is -2.21. The zero-order valence-corrected chi connectivity index (χ0v) is 13.4. The predicted molar refractivity (Wildman–Crippen MR) is 88.7 cm³/mol. The minimum Gasteiger partial charge on any atom is -0.488 e. The number of furan rings is 1. The van der Waals surface area contributed by atoms with E-state index in [1.54, 1.807) is 6.26 Å². The van der Waals surface area contributed by atoms with E-state index in [0.29, 0.717) is 18.0 Å². The Morgan fingerprint density at radius 2 is 2.22 bits per heavy atom. The Morgan fingerprint density at radius 3 is 3.04 bits per heavy atom. The van der Waals surface area contributed by atoms with Gasteiger partial charge in [-0.2, -0.15) is 0 Å². The van der Waals surface area contributed by atoms with E-state index < -0.39 is 0 Å². The van der Waals surface area contributed by atoms with E-state index in [0.717, 1.165) is 33.1 Å². The van der Waals surface area contributed by atoms with E-state index in [9.17, 15) is 4.79 Å². The summed E-state index contributed by atoms with van der Waals surface area (Å²) < 4.78 is 11.0. The monoisotopic (exact) mass is 325 g/mol. The maximum absolute atomic E-state index is 12.4. The number of ether oxygens (including phenoxy) is 1. The third-order valence-electron chi connectivity index (χ3n) is 3.88. The van der Waals surface area contributed by atoms with Gasteiger partial charge in [0.2, 0.25) is 0 Å². The van der Waals surface area contributed by atoms with Crippen molar-refractivity contribution < 1.29 is 13.9 Å². The fourth-order valence-corrected chi connectivity index (χ4v) is 3.93. The van der Waals surface area contributed by atoms with Crippen LogP contribution in [0.3, 0.4) is 0 Å². The number of thiophene rings is 1. The van der Waals surface area contributed by atoms with Crippen molar-refractivity contribution >= 4 is 17.2 Å². The van der Waals surface area contributed by atoms with E-state index >= 15 is 0 Å². The molecule has 0 atom stereocenters. The van der Waals surface area contributed by atoms with Crippen LogP contribution in [0.2, 0.25) is 0 Å². The van der Waals surface area contributed by atoms with E-state index in [2.05, 4.69) is 18.3 Å². The molecule has 0 saturated heterocycles. The average Bonchev–Trinajstić information content (AvgIpc) is 3.21. The lowest BCUT2D eigenvalue weighted by atomic mass is 10.0. The number of benzene rings is 1. The SMILES string of the molecule is Cc1cccc2c1-c1sc(C(=O)NCc3ccco3)cc1CO2. The van der Waals surface area contributed by atoms with Crippen LogP contribution in [0, 0.1) is 6.92 Å². The number of amides is 1. The van der Waals surface area contributed by atoms with Crippen LogP contribution in [0.25, 0.3) is 10.4 Å². The van der Waals surface area contributed by atoms with Crippen LogP contribution in [-0.4, -0.2) is 5.91 Å². The molecule has 1 aliphatic rings. The van der Waals surface area contributed by atoms with Gasteiger partial charge in [-0.1, -0.05) is 12.1 Å². The Balaban J connectivity index is 1.61. The van der Waals surface area contributed by atoms with Crippen LogP contribution in [0.1, 0.15) is 26.6 Å². The molecule has 0 saturated carbocycles. The summed E-state index contributed by atoms with van der Waals surface area (Å²) in [5.41, 5.74) is 3.33. The molecule has 5 heteroatoms. The van der Waals surface area contributed by atoms with Gasteiger partial charge in [-0.3, -0.25) is 4.79 Å². The number of nitrogens with one attached hydrogen (secondary N) is 1. The smallest absolute Gasteiger partial charge is 0.261 e. The molecule has 3 heterocycles. The van der Waals surface area contributed by atoms with Gasteiger partial charge in [0, 0.05) is 16.0 Å². The van der Waals surface area contributed by atoms with Crippen molar-refractivity contribution in [1.29, 1.82) is 0 Å². The Bertz CT molecular complexity index is 865. The summed E-state index contributed by atoms with van der Waals surface area (Å²) in [6.07, 6.45) is 1.60. The fraction of sp³-hybridized carbons (Fsp3) is 0.167. The van der Waals surface area contributed by atoms with E-state index in [4.69, 9.17) is 9.15 Å². The van der Waals surface area contributed by atoms with Gasteiger partial charge in [-0.05, 0) is 36.8 Å². The predicted octanol–water partition coefficient (Wildman–Crippen LogP) is 4.14. The van der Waals surface area contributed by atoms with Crippen molar-refractivity contribution in [3.63, 3.8) is 0 Å². The van der Waals surface area contributed by atoms with E-state index in [-0.39, 0.29) is 5.91 Å². The standard InChI is InChI=1S/C18H15NO3S/c1-11-4-2-6-14-16(11)17-12(10-22-14)8-15(23-17)18(20)19-9-13-5-3-7-21-13/h2-8H,9-10H2,1H3,(H,19,20). The average molecular weight is 325 g/mol. The van der Waals surface area contributed by atoms with Crippen LogP contribution in [0.5, 0.6) is 5.75 Å². The number of carbonyl (C=O) groups is 1. The topological polar surface area (TPSA) is 51.5 Å². The summed E-state index contributed by atoms with van der Waals surface area (Å²) in [5.74, 6) is 1.54. The summed E-state index contributed by atoms with van der Waals surface area (Å²) in [4.78, 5) is 14.2. The Labute approximate surface area is 137 Å². The zero-order valence-electron chi connectivity index (χ0n) is 12.6. The first kappa shape index (κ1) is 14.1. The second-order valence-corrected chi connectivity index (χ2v) is 6.52. The molecule has 0 fully saturated rings. The van der Waals surface area contributed by atoms with Crippen LogP contribution < -0.4 is 10.1 Å². The maximum Gasteiger partial charge on any atom is 0.261 e. The van der Waals surface area contributed by atoms with Crippen LogP contribution in [-0.2, 0) is 13.2 Å². The zero-order chi connectivity index (χ0) is 15.8. The Hall–Kier alpha value is -2.53. The van der Waals surface area contributed by atoms with Gasteiger partial charge in [-0.15, -0.1) is 11.3 Å². The lowest BCUT2D eigenvalue weighted by Gasteiger charge is -2.19. The molecule has 2 aromatic heterocycles. The van der Waals surface area contributed by atoms with Crippen molar-refractivity contribution in [2.45, 2.75) is 20.1 Å². The number of fused-ring (bicyclic) bond motifs is 3. The third kappa shape index (κ3) is 2.53. The van der Waals surface area contributed by atoms with Crippen molar-refractivity contribution in [2.75, 3.05) is 0 Å². The maximum atomic E-state index is 12.4. The molecule has 23 heavy (non-hydrogen) atoms. The quantitative estimate of drug-likeness (QED) is 0.787. The van der Waals surface area contributed by atoms with Crippen molar-refractivity contribution in [3.05, 3.63) is 64.4 Å². The second-order valence-electron chi connectivity index (χ2n) is 5.46. The number of hydrogen-bond acceptors (Lipinski definition) is 4. The molecule has 0 spiro atoms. The van der Waals surface area contributed by atoms with Crippen LogP contribution >= 0.6 is 11.3 Å². The van der Waals surface area contributed by atoms with Gasteiger partial charge >= 0.3 is 0 Å². The molecule has 1 aliphatic heterocycles. The normalized spacial score (nSPS) is 12.2. The van der Waals surface area contributed by atoms with E-state index in [1.807, 2.05) is 30.3 Å². The highest BCUT2D eigenvalue weighted by molar-refractivity contribution is 7.17. The van der Waals surface area contributed by atoms with E-state index in [1.165, 1.54) is 11.3 Å². The first-order valence-electron chi connectivity index (χ1n) is 7.38. The first-order chi connectivity index (χ1) is 11.2. The van der Waals surface area contributed by atoms with Gasteiger partial charge in [0.1, 0.15) is 18.1 Å². The molecule has 4 rings (SSSR count). The molecule has 1 aromatic carbocycles. The largest absolute Gasteiger partial charge is 0.488 e. The van der Waals surface area contributed by atoms with Gasteiger partial charge in [0.05, 0.1) is 17.7 Å². The number of rotatable bonds is 3. The summed E-state index contributed by atoms with van der Waals surface area (Å²) in [7, 11) is 0. The summed E-state index contributed by atoms with van der Waals surface area (Å²) >= 11 is 1.51. The molecule has 116 valence electrons. The Kier molecular flexibility index (Phi) is 3.42. The van der Waals surface area contributed by atoms with Crippen LogP contribution in [0.4, 0.5) is 0 Å². The minimum absolute atomic E-state index is 0.0871. The van der Waals surface area contributed by atoms with Crippen molar-refractivity contribution in [1.82, 2.24) is 5.32 Å². The molecule has 4 nitrogen and oxygen atoms in total. The van der Waals surface area contributed by atoms with Gasteiger partial charge in [0.25, 0.3) is 5.91 Å². The molecular weight excluding hydrogens is 310 g/mol. The number of hydrogen-bond donors (Lipinski definition) is 1. The summed E-state index contributed by atoms with van der Waals surface area (Å²) in [5, 5.41) is 2.89. The lowest BCUT2D eigenvalue weighted by molar-refractivity contribution is 0.0952. The summed E-state index contributed by atoms with van der Waals surface area (Å²) in [6, 6.07) is 11.6. The van der Waals surface area contributed by atoms with Gasteiger partial charge < -0.3 is 14.5 Å². The minimum atomic E-state index is -0.0871. The van der Waals surface area contributed by atoms with Crippen LogP contribution in [0.15, 0.2) is 47.1 Å².